The summed E-state index contributed by atoms with van der Waals surface area (Å²) in [4.78, 5) is 0. The molecule has 0 aliphatic carbocycles. The molecule has 2 heteroatoms. The quantitative estimate of drug-likeness (QED) is 0.656. The maximum absolute atomic E-state index is 3.92. The van der Waals surface area contributed by atoms with Crippen LogP contribution in [0.1, 0.15) is 27.3 Å². The largest absolute Gasteiger partial charge is 0.278 e. The van der Waals surface area contributed by atoms with Crippen LogP contribution in [0.15, 0.2) is 24.4 Å². The Labute approximate surface area is 80.5 Å². The van der Waals surface area contributed by atoms with Gasteiger partial charge in [0.2, 0.25) is 0 Å². The number of nitrogens with one attached hydrogen (secondary N) is 1. The van der Waals surface area contributed by atoms with Crippen molar-refractivity contribution in [3.63, 3.8) is 0 Å². The third-order valence-corrected chi connectivity index (χ3v) is 1.60. The maximum atomic E-state index is 3.92. The highest BCUT2D eigenvalue weighted by atomic mass is 15.1. The number of H-pyrrole nitrogens is 1. The van der Waals surface area contributed by atoms with Crippen LogP contribution in [0.25, 0.3) is 10.9 Å². The molecule has 0 unspecified atom stereocenters. The van der Waals surface area contributed by atoms with Crippen LogP contribution in [0.3, 0.4) is 0 Å². The average Bonchev–Trinajstić information content (AvgIpc) is 2.52. The second kappa shape index (κ2) is 4.65. The number of nitrogens with zero attached hydrogens (tertiary/aromatic N) is 1. The van der Waals surface area contributed by atoms with E-state index in [9.17, 15) is 0 Å². The zero-order chi connectivity index (χ0) is 9.68. The normalized spacial score (nSPS) is 9.46. The number of fused-ring (bicyclic) bond motifs is 1. The van der Waals surface area contributed by atoms with Crippen molar-refractivity contribution < 1.29 is 1.43 Å². The van der Waals surface area contributed by atoms with Crippen LogP contribution in [-0.2, 0) is 0 Å². The molecule has 0 bridgehead atoms. The van der Waals surface area contributed by atoms with Gasteiger partial charge in [-0.05, 0) is 19.1 Å². The van der Waals surface area contributed by atoms with Gasteiger partial charge in [0.15, 0.2) is 0 Å². The van der Waals surface area contributed by atoms with E-state index in [0.717, 1.165) is 5.52 Å². The van der Waals surface area contributed by atoms with E-state index < -0.39 is 0 Å². The van der Waals surface area contributed by atoms with Crippen molar-refractivity contribution >= 4 is 10.9 Å². The number of rotatable bonds is 0. The summed E-state index contributed by atoms with van der Waals surface area (Å²) in [6.45, 7) is 6.33. The molecule has 0 fully saturated rings. The predicted molar refractivity (Wildman–Crippen MR) is 58.9 cm³/mol. The Bertz CT molecular complexity index is 368. The van der Waals surface area contributed by atoms with Crippen molar-refractivity contribution in [2.24, 2.45) is 0 Å². The highest BCUT2D eigenvalue weighted by molar-refractivity contribution is 5.78. The Balaban J connectivity index is 0.000000381. The lowest BCUT2D eigenvalue weighted by Crippen LogP contribution is -1.70. The highest BCUT2D eigenvalue weighted by Gasteiger charge is 1.92. The SMILES string of the molecule is CCC.Cc1ccc2[nH]ncc2c1.[HH]. The standard InChI is InChI=1S/C8H8N2.C3H8.H2/c1-6-2-3-8-7(4-6)5-9-10-8;1-3-2;/h2-5H,1H3,(H,9,10);3H2,1-2H3;1H. The van der Waals surface area contributed by atoms with E-state index in [-0.39, 0.29) is 1.43 Å². The fourth-order valence-electron chi connectivity index (χ4n) is 1.06. The number of aryl methyl sites for hydroxylation is 1. The molecule has 1 heterocycles. The van der Waals surface area contributed by atoms with E-state index in [1.165, 1.54) is 17.4 Å². The van der Waals surface area contributed by atoms with Gasteiger partial charge in [-0.25, -0.2) is 0 Å². The Morgan fingerprint density at radius 1 is 1.38 bits per heavy atom. The minimum Gasteiger partial charge on any atom is -0.278 e. The van der Waals surface area contributed by atoms with Crippen LogP contribution in [0.4, 0.5) is 0 Å². The molecule has 2 aromatic rings. The van der Waals surface area contributed by atoms with Gasteiger partial charge < -0.3 is 0 Å². The third kappa shape index (κ3) is 2.58. The first-order valence-corrected chi connectivity index (χ1v) is 4.67. The lowest BCUT2D eigenvalue weighted by atomic mass is 10.2. The molecular formula is C11H18N2. The molecule has 0 amide bonds. The first kappa shape index (κ1) is 9.78. The molecular weight excluding hydrogens is 160 g/mol. The van der Waals surface area contributed by atoms with Crippen LogP contribution < -0.4 is 0 Å². The van der Waals surface area contributed by atoms with Crippen molar-refractivity contribution in [1.82, 2.24) is 10.2 Å². The average molecular weight is 178 g/mol. The molecule has 13 heavy (non-hydrogen) atoms. The summed E-state index contributed by atoms with van der Waals surface area (Å²) in [6.07, 6.45) is 3.09. The molecule has 0 aliphatic rings. The van der Waals surface area contributed by atoms with Gasteiger partial charge >= 0.3 is 0 Å². The van der Waals surface area contributed by atoms with Gasteiger partial charge in [-0.3, -0.25) is 5.10 Å². The van der Waals surface area contributed by atoms with Gasteiger partial charge in [0.1, 0.15) is 0 Å². The lowest BCUT2D eigenvalue weighted by Gasteiger charge is -1.89. The van der Waals surface area contributed by atoms with Gasteiger partial charge in [0.05, 0.1) is 11.7 Å². The number of benzene rings is 1. The van der Waals surface area contributed by atoms with Gasteiger partial charge in [-0.15, -0.1) is 0 Å². The van der Waals surface area contributed by atoms with Gasteiger partial charge in [-0.2, -0.15) is 5.10 Å². The van der Waals surface area contributed by atoms with Gasteiger partial charge in [-0.1, -0.05) is 31.9 Å². The summed E-state index contributed by atoms with van der Waals surface area (Å²) in [7, 11) is 0. The third-order valence-electron chi connectivity index (χ3n) is 1.60. The Morgan fingerprint density at radius 2 is 2.08 bits per heavy atom. The zero-order valence-corrected chi connectivity index (χ0v) is 8.46. The molecule has 1 N–H and O–H groups in total. The number of aromatic nitrogens is 2. The van der Waals surface area contributed by atoms with E-state index >= 15 is 0 Å². The number of hydrogen-bond acceptors (Lipinski definition) is 1. The van der Waals surface area contributed by atoms with E-state index in [1.807, 2.05) is 12.3 Å². The second-order valence-corrected chi connectivity index (χ2v) is 3.17. The molecule has 0 saturated heterocycles. The Morgan fingerprint density at radius 3 is 2.77 bits per heavy atom. The van der Waals surface area contributed by atoms with Crippen LogP contribution >= 0.6 is 0 Å². The van der Waals surface area contributed by atoms with Crippen molar-refractivity contribution in [2.45, 2.75) is 27.2 Å². The molecule has 2 rings (SSSR count). The summed E-state index contributed by atoms with van der Waals surface area (Å²) in [5, 5.41) is 7.99. The highest BCUT2D eigenvalue weighted by Crippen LogP contribution is 2.11. The zero-order valence-electron chi connectivity index (χ0n) is 8.46. The molecule has 2 nitrogen and oxygen atoms in total. The fraction of sp³-hybridized carbons (Fsp3) is 0.364. The van der Waals surface area contributed by atoms with Crippen LogP contribution in [0.2, 0.25) is 0 Å². The van der Waals surface area contributed by atoms with Crippen LogP contribution in [0, 0.1) is 6.92 Å². The summed E-state index contributed by atoms with van der Waals surface area (Å²) in [6, 6.07) is 6.22. The predicted octanol–water partition coefficient (Wildman–Crippen LogP) is 3.53. The van der Waals surface area contributed by atoms with Crippen molar-refractivity contribution in [1.29, 1.82) is 0 Å². The van der Waals surface area contributed by atoms with Gasteiger partial charge in [0.25, 0.3) is 0 Å². The lowest BCUT2D eigenvalue weighted by molar-refractivity contribution is 1.09. The smallest absolute Gasteiger partial charge is 0.0650 e. The van der Waals surface area contributed by atoms with Crippen molar-refractivity contribution in [3.8, 4) is 0 Å². The number of hydrogen-bond donors (Lipinski definition) is 1. The molecule has 0 spiro atoms. The second-order valence-electron chi connectivity index (χ2n) is 3.17. The van der Waals surface area contributed by atoms with E-state index in [1.54, 1.807) is 0 Å². The molecule has 0 radical (unpaired) electrons. The molecule has 0 saturated carbocycles. The van der Waals surface area contributed by atoms with E-state index in [0.29, 0.717) is 0 Å². The first-order valence-electron chi connectivity index (χ1n) is 4.67. The van der Waals surface area contributed by atoms with Gasteiger partial charge in [0, 0.05) is 6.81 Å². The summed E-state index contributed by atoms with van der Waals surface area (Å²) in [5.41, 5.74) is 2.37. The topological polar surface area (TPSA) is 28.7 Å². The summed E-state index contributed by atoms with van der Waals surface area (Å²) in [5.74, 6) is 0. The Hall–Kier alpha value is -1.31. The first-order chi connectivity index (χ1) is 6.27. The van der Waals surface area contributed by atoms with Crippen LogP contribution in [-0.4, -0.2) is 10.2 Å². The van der Waals surface area contributed by atoms with Crippen LogP contribution in [0.5, 0.6) is 0 Å². The minimum atomic E-state index is 0. The molecule has 72 valence electrons. The number of aromatic amines is 1. The van der Waals surface area contributed by atoms with E-state index in [4.69, 9.17) is 0 Å². The maximum Gasteiger partial charge on any atom is 0.0650 e. The van der Waals surface area contributed by atoms with Crippen molar-refractivity contribution in [3.05, 3.63) is 30.0 Å². The summed E-state index contributed by atoms with van der Waals surface area (Å²) >= 11 is 0. The Kier molecular flexibility index (Phi) is 3.50. The minimum absolute atomic E-state index is 0. The summed E-state index contributed by atoms with van der Waals surface area (Å²) < 4.78 is 0. The monoisotopic (exact) mass is 178 g/mol. The molecule has 0 aliphatic heterocycles. The van der Waals surface area contributed by atoms with Crippen molar-refractivity contribution in [2.75, 3.05) is 0 Å². The van der Waals surface area contributed by atoms with E-state index in [2.05, 4.69) is 43.1 Å². The fourth-order valence-corrected chi connectivity index (χ4v) is 1.06. The molecule has 1 aromatic heterocycles. The molecule has 1 aromatic carbocycles. The molecule has 0 atom stereocenters.